The summed E-state index contributed by atoms with van der Waals surface area (Å²) in [6.45, 7) is 10.2. The van der Waals surface area contributed by atoms with Crippen LogP contribution >= 0.6 is 0 Å². The van der Waals surface area contributed by atoms with Gasteiger partial charge in [0.15, 0.2) is 0 Å². The molecule has 0 bridgehead atoms. The number of hydrogen-bond donors (Lipinski definition) is 1. The van der Waals surface area contributed by atoms with Gasteiger partial charge in [-0.25, -0.2) is 0 Å². The Morgan fingerprint density at radius 3 is 2.64 bits per heavy atom. The third-order valence-corrected chi connectivity index (χ3v) is 2.11. The average molecular weight is 190 g/mol. The highest BCUT2D eigenvalue weighted by Crippen LogP contribution is 2.21. The molecule has 1 heterocycles. The van der Waals surface area contributed by atoms with Crippen molar-refractivity contribution < 1.29 is 0 Å². The molecule has 0 saturated heterocycles. The first-order valence-corrected chi connectivity index (χ1v) is 4.93. The van der Waals surface area contributed by atoms with Gasteiger partial charge >= 0.3 is 0 Å². The summed E-state index contributed by atoms with van der Waals surface area (Å²) in [7, 11) is 0. The fraction of sp³-hybridized carbons (Fsp3) is 0.417. The molecule has 0 aliphatic rings. The van der Waals surface area contributed by atoms with Gasteiger partial charge in [-0.2, -0.15) is 0 Å². The van der Waals surface area contributed by atoms with E-state index in [0.717, 1.165) is 5.70 Å². The molecule has 76 valence electrons. The lowest BCUT2D eigenvalue weighted by molar-refractivity contribution is 0.445. The number of rotatable bonds is 4. The lowest BCUT2D eigenvalue weighted by atomic mass is 9.97. The van der Waals surface area contributed by atoms with Crippen molar-refractivity contribution in [2.45, 2.75) is 26.8 Å². The molecule has 0 amide bonds. The smallest absolute Gasteiger partial charge is 0.0548 e. The minimum atomic E-state index is 0.307. The number of nitrogens with zero attached hydrogens (tertiary/aromatic N) is 1. The van der Waals surface area contributed by atoms with Crippen LogP contribution in [0.4, 0.5) is 0 Å². The molecule has 2 heteroatoms. The van der Waals surface area contributed by atoms with E-state index in [2.05, 4.69) is 36.8 Å². The predicted octanol–water partition coefficient (Wildman–Crippen LogP) is 2.90. The highest BCUT2D eigenvalue weighted by molar-refractivity contribution is 5.16. The zero-order chi connectivity index (χ0) is 10.6. The van der Waals surface area contributed by atoms with Crippen LogP contribution in [-0.4, -0.2) is 4.98 Å². The summed E-state index contributed by atoms with van der Waals surface area (Å²) >= 11 is 0. The van der Waals surface area contributed by atoms with E-state index < -0.39 is 0 Å². The predicted molar refractivity (Wildman–Crippen MR) is 59.8 cm³/mol. The summed E-state index contributed by atoms with van der Waals surface area (Å²) in [4.78, 5) is 4.13. The standard InChI is InChI=1S/C12H18N2/c1-9(2)12(14-10(3)4)11-6-5-7-13-8-11/h5-9,12,14H,3H2,1-2,4H3/t12-/m1/s1. The largest absolute Gasteiger partial charge is 0.382 e. The number of allylic oxidation sites excluding steroid dienone is 1. The van der Waals surface area contributed by atoms with E-state index in [0.29, 0.717) is 12.0 Å². The lowest BCUT2D eigenvalue weighted by Crippen LogP contribution is -2.23. The van der Waals surface area contributed by atoms with E-state index in [9.17, 15) is 0 Å². The topological polar surface area (TPSA) is 24.9 Å². The number of nitrogens with one attached hydrogen (secondary N) is 1. The van der Waals surface area contributed by atoms with E-state index >= 15 is 0 Å². The van der Waals surface area contributed by atoms with E-state index in [-0.39, 0.29) is 0 Å². The maximum atomic E-state index is 4.13. The summed E-state index contributed by atoms with van der Waals surface area (Å²) in [5.41, 5.74) is 2.21. The van der Waals surface area contributed by atoms with Gasteiger partial charge in [0, 0.05) is 18.1 Å². The van der Waals surface area contributed by atoms with Crippen molar-refractivity contribution in [2.24, 2.45) is 5.92 Å². The van der Waals surface area contributed by atoms with Gasteiger partial charge in [-0.1, -0.05) is 26.5 Å². The molecule has 0 aliphatic heterocycles. The highest BCUT2D eigenvalue weighted by atomic mass is 14.9. The Morgan fingerprint density at radius 1 is 1.50 bits per heavy atom. The molecule has 1 atom stereocenters. The first kappa shape index (κ1) is 10.8. The van der Waals surface area contributed by atoms with E-state index in [4.69, 9.17) is 0 Å². The van der Waals surface area contributed by atoms with Crippen LogP contribution < -0.4 is 5.32 Å². The Bertz CT molecular complexity index is 290. The molecule has 0 spiro atoms. The fourth-order valence-electron chi connectivity index (χ4n) is 1.46. The Kier molecular flexibility index (Phi) is 3.69. The van der Waals surface area contributed by atoms with Crippen LogP contribution in [0.25, 0.3) is 0 Å². The van der Waals surface area contributed by atoms with Crippen molar-refractivity contribution in [3.8, 4) is 0 Å². The molecular weight excluding hydrogens is 172 g/mol. The van der Waals surface area contributed by atoms with Crippen LogP contribution in [0.2, 0.25) is 0 Å². The van der Waals surface area contributed by atoms with Gasteiger partial charge in [0.2, 0.25) is 0 Å². The summed E-state index contributed by atoms with van der Waals surface area (Å²) in [5.74, 6) is 0.524. The first-order valence-electron chi connectivity index (χ1n) is 4.93. The van der Waals surface area contributed by atoms with Crippen molar-refractivity contribution in [3.05, 3.63) is 42.4 Å². The lowest BCUT2D eigenvalue weighted by Gasteiger charge is -2.23. The van der Waals surface area contributed by atoms with E-state index in [1.54, 1.807) is 6.20 Å². The van der Waals surface area contributed by atoms with Gasteiger partial charge in [-0.15, -0.1) is 0 Å². The SMILES string of the molecule is C=C(C)N[C@@H](c1cccnc1)C(C)C. The van der Waals surface area contributed by atoms with Gasteiger partial charge in [0.1, 0.15) is 0 Å². The van der Waals surface area contributed by atoms with Crippen molar-refractivity contribution in [3.63, 3.8) is 0 Å². The molecule has 0 unspecified atom stereocenters. The monoisotopic (exact) mass is 190 g/mol. The highest BCUT2D eigenvalue weighted by Gasteiger charge is 2.14. The normalized spacial score (nSPS) is 12.6. The van der Waals surface area contributed by atoms with Crippen molar-refractivity contribution in [1.29, 1.82) is 0 Å². The van der Waals surface area contributed by atoms with Crippen LogP contribution in [0.3, 0.4) is 0 Å². The van der Waals surface area contributed by atoms with Gasteiger partial charge < -0.3 is 5.32 Å². The molecule has 1 rings (SSSR count). The quantitative estimate of drug-likeness (QED) is 0.789. The molecule has 0 fully saturated rings. The van der Waals surface area contributed by atoms with Crippen LogP contribution in [0.1, 0.15) is 32.4 Å². The second-order valence-electron chi connectivity index (χ2n) is 3.93. The van der Waals surface area contributed by atoms with Crippen LogP contribution in [0, 0.1) is 5.92 Å². The first-order chi connectivity index (χ1) is 6.61. The molecular formula is C12H18N2. The van der Waals surface area contributed by atoms with Crippen LogP contribution in [0.15, 0.2) is 36.8 Å². The molecule has 0 aromatic carbocycles. The minimum absolute atomic E-state index is 0.307. The molecule has 14 heavy (non-hydrogen) atoms. The van der Waals surface area contributed by atoms with Gasteiger partial charge in [0.25, 0.3) is 0 Å². The molecule has 0 saturated carbocycles. The maximum absolute atomic E-state index is 4.13. The molecule has 0 aliphatic carbocycles. The van der Waals surface area contributed by atoms with E-state index in [1.165, 1.54) is 5.56 Å². The van der Waals surface area contributed by atoms with Crippen molar-refractivity contribution in [2.75, 3.05) is 0 Å². The third kappa shape index (κ3) is 2.87. The summed E-state index contributed by atoms with van der Waals surface area (Å²) < 4.78 is 0. The maximum Gasteiger partial charge on any atom is 0.0548 e. The average Bonchev–Trinajstić information content (AvgIpc) is 2.15. The minimum Gasteiger partial charge on any atom is -0.382 e. The third-order valence-electron chi connectivity index (χ3n) is 2.11. The molecule has 2 nitrogen and oxygen atoms in total. The fourth-order valence-corrected chi connectivity index (χ4v) is 1.46. The van der Waals surface area contributed by atoms with Gasteiger partial charge in [0.05, 0.1) is 6.04 Å². The summed E-state index contributed by atoms with van der Waals surface area (Å²) in [6.07, 6.45) is 3.70. The van der Waals surface area contributed by atoms with E-state index in [1.807, 2.05) is 19.2 Å². The number of hydrogen-bond acceptors (Lipinski definition) is 2. The summed E-state index contributed by atoms with van der Waals surface area (Å²) in [5, 5.41) is 3.36. The van der Waals surface area contributed by atoms with Crippen LogP contribution in [0.5, 0.6) is 0 Å². The zero-order valence-electron chi connectivity index (χ0n) is 9.12. The second-order valence-corrected chi connectivity index (χ2v) is 3.93. The van der Waals surface area contributed by atoms with Gasteiger partial charge in [-0.05, 0) is 24.5 Å². The Labute approximate surface area is 86.1 Å². The summed E-state index contributed by atoms with van der Waals surface area (Å²) in [6, 6.07) is 4.36. The second kappa shape index (κ2) is 4.80. The van der Waals surface area contributed by atoms with Crippen LogP contribution in [-0.2, 0) is 0 Å². The Balaban J connectivity index is 2.83. The Morgan fingerprint density at radius 2 is 2.21 bits per heavy atom. The molecule has 1 aromatic heterocycles. The number of aromatic nitrogens is 1. The number of pyridine rings is 1. The molecule has 0 radical (unpaired) electrons. The molecule has 1 aromatic rings. The van der Waals surface area contributed by atoms with Gasteiger partial charge in [-0.3, -0.25) is 4.98 Å². The Hall–Kier alpha value is -1.31. The van der Waals surface area contributed by atoms with Crippen molar-refractivity contribution >= 4 is 0 Å². The molecule has 1 N–H and O–H groups in total. The van der Waals surface area contributed by atoms with Crippen molar-refractivity contribution in [1.82, 2.24) is 10.3 Å². The zero-order valence-corrected chi connectivity index (χ0v) is 9.12.